The molecule has 21 heavy (non-hydrogen) atoms. The zero-order chi connectivity index (χ0) is 15.0. The second-order valence-electron chi connectivity index (χ2n) is 4.75. The Kier molecular flexibility index (Phi) is 4.54. The summed E-state index contributed by atoms with van der Waals surface area (Å²) in [5.41, 5.74) is 1.71. The first-order chi connectivity index (χ1) is 10.1. The molecule has 3 rings (SSSR count). The van der Waals surface area contributed by atoms with Crippen molar-refractivity contribution in [2.24, 2.45) is 0 Å². The van der Waals surface area contributed by atoms with Gasteiger partial charge in [0.15, 0.2) is 0 Å². The van der Waals surface area contributed by atoms with Crippen molar-refractivity contribution in [1.82, 2.24) is 0 Å². The van der Waals surface area contributed by atoms with Gasteiger partial charge in [0.05, 0.1) is 0 Å². The molecule has 0 radical (unpaired) electrons. The van der Waals surface area contributed by atoms with E-state index in [9.17, 15) is 5.11 Å². The first-order valence-corrected chi connectivity index (χ1v) is 8.63. The van der Waals surface area contributed by atoms with Gasteiger partial charge in [0.2, 0.25) is 0 Å². The second kappa shape index (κ2) is 6.24. The van der Waals surface area contributed by atoms with Crippen molar-refractivity contribution in [3.05, 3.63) is 78.8 Å². The maximum Gasteiger partial charge on any atom is 0.106 e. The molecule has 0 saturated heterocycles. The van der Waals surface area contributed by atoms with Crippen molar-refractivity contribution < 1.29 is 5.11 Å². The Hall–Kier alpha value is -0.620. The van der Waals surface area contributed by atoms with E-state index in [4.69, 9.17) is 11.6 Å². The third-order valence-electron chi connectivity index (χ3n) is 3.45. The van der Waals surface area contributed by atoms with E-state index >= 15 is 0 Å². The van der Waals surface area contributed by atoms with Gasteiger partial charge >= 0.3 is 0 Å². The lowest BCUT2D eigenvalue weighted by Gasteiger charge is -2.17. The van der Waals surface area contributed by atoms with Gasteiger partial charge in [-0.2, -0.15) is 0 Å². The minimum Gasteiger partial charge on any atom is -0.384 e. The van der Waals surface area contributed by atoms with E-state index < -0.39 is 6.10 Å². The van der Waals surface area contributed by atoms with Gasteiger partial charge in [-0.3, -0.25) is 0 Å². The molecule has 106 valence electrons. The molecule has 3 aromatic rings. The molecule has 0 heterocycles. The summed E-state index contributed by atoms with van der Waals surface area (Å²) in [7, 11) is 0. The molecule has 1 nitrogen and oxygen atoms in total. The van der Waals surface area contributed by atoms with Crippen LogP contribution < -0.4 is 0 Å². The highest BCUT2D eigenvalue weighted by Gasteiger charge is 2.17. The molecule has 1 unspecified atom stereocenters. The number of aliphatic hydroxyl groups excluding tert-OH is 1. The summed E-state index contributed by atoms with van der Waals surface area (Å²) in [4.78, 5) is 0. The molecule has 0 fully saturated rings. The van der Waals surface area contributed by atoms with Crippen molar-refractivity contribution in [2.45, 2.75) is 6.10 Å². The molecule has 0 saturated carbocycles. The highest BCUT2D eigenvalue weighted by Crippen LogP contribution is 2.35. The van der Waals surface area contributed by atoms with Crippen LogP contribution in [0.2, 0.25) is 5.02 Å². The predicted molar refractivity (Wildman–Crippen MR) is 99.9 cm³/mol. The van der Waals surface area contributed by atoms with E-state index in [0.717, 1.165) is 29.9 Å². The number of benzene rings is 3. The lowest BCUT2D eigenvalue weighted by Crippen LogP contribution is -2.03. The molecule has 4 heteroatoms. The van der Waals surface area contributed by atoms with Crippen LogP contribution in [0.4, 0.5) is 0 Å². The summed E-state index contributed by atoms with van der Waals surface area (Å²) in [6.07, 6.45) is -0.700. The van der Waals surface area contributed by atoms with Gasteiger partial charge in [-0.1, -0.05) is 57.9 Å². The van der Waals surface area contributed by atoms with Gasteiger partial charge in [0.1, 0.15) is 6.10 Å². The van der Waals surface area contributed by atoms with E-state index in [1.807, 2.05) is 54.6 Å². The average molecular weight is 474 g/mol. The number of aliphatic hydroxyl groups is 1. The van der Waals surface area contributed by atoms with Crippen LogP contribution in [0.15, 0.2) is 59.1 Å². The fraction of sp³-hybridized carbons (Fsp3) is 0.0588. The number of rotatable bonds is 2. The lowest BCUT2D eigenvalue weighted by atomic mass is 9.96. The third kappa shape index (κ3) is 2.97. The molecular formula is C17H11BrClIO. The van der Waals surface area contributed by atoms with Crippen LogP contribution >= 0.6 is 50.1 Å². The fourth-order valence-corrected chi connectivity index (χ4v) is 3.70. The zero-order valence-corrected chi connectivity index (χ0v) is 15.4. The van der Waals surface area contributed by atoms with Gasteiger partial charge in [-0.15, -0.1) is 0 Å². The van der Waals surface area contributed by atoms with Crippen LogP contribution in [0.3, 0.4) is 0 Å². The minimum atomic E-state index is -0.700. The Morgan fingerprint density at radius 2 is 1.67 bits per heavy atom. The Morgan fingerprint density at radius 1 is 0.952 bits per heavy atom. The normalized spacial score (nSPS) is 12.6. The topological polar surface area (TPSA) is 20.2 Å². The van der Waals surface area contributed by atoms with Gasteiger partial charge in [-0.25, -0.2) is 0 Å². The van der Waals surface area contributed by atoms with Crippen molar-refractivity contribution in [3.63, 3.8) is 0 Å². The standard InChI is InChI=1S/C17H11BrClIO/c18-15-7-6-13(11-3-1-2-4-12(11)15)17(21)14-9-10(19)5-8-16(14)20/h1-9,17,21H. The van der Waals surface area contributed by atoms with Crippen LogP contribution in [0.5, 0.6) is 0 Å². The lowest BCUT2D eigenvalue weighted by molar-refractivity contribution is 0.221. The molecule has 3 aromatic carbocycles. The Bertz CT molecular complexity index is 819. The van der Waals surface area contributed by atoms with Gasteiger partial charge < -0.3 is 5.11 Å². The first kappa shape index (κ1) is 15.3. The van der Waals surface area contributed by atoms with Gasteiger partial charge in [-0.05, 0) is 68.8 Å². The summed E-state index contributed by atoms with van der Waals surface area (Å²) in [6.45, 7) is 0. The van der Waals surface area contributed by atoms with Gasteiger partial charge in [0.25, 0.3) is 0 Å². The first-order valence-electron chi connectivity index (χ1n) is 6.38. The summed E-state index contributed by atoms with van der Waals surface area (Å²) in [6, 6.07) is 17.5. The molecule has 0 aliphatic heterocycles. The Balaban J connectivity index is 2.20. The zero-order valence-electron chi connectivity index (χ0n) is 10.9. The third-order valence-corrected chi connectivity index (χ3v) is 5.36. The number of hydrogen-bond donors (Lipinski definition) is 1. The highest BCUT2D eigenvalue weighted by molar-refractivity contribution is 14.1. The Morgan fingerprint density at radius 3 is 2.43 bits per heavy atom. The highest BCUT2D eigenvalue weighted by atomic mass is 127. The SMILES string of the molecule is OC(c1cc(Cl)ccc1I)c1ccc(Br)c2ccccc12. The molecule has 0 bridgehead atoms. The van der Waals surface area contributed by atoms with Crippen molar-refractivity contribution in [2.75, 3.05) is 0 Å². The van der Waals surface area contributed by atoms with Crippen LogP contribution in [0.1, 0.15) is 17.2 Å². The quantitative estimate of drug-likeness (QED) is 0.457. The Labute approximate surface area is 150 Å². The number of fused-ring (bicyclic) bond motifs is 1. The van der Waals surface area contributed by atoms with Crippen LogP contribution in [0, 0.1) is 3.57 Å². The number of halogens is 3. The maximum absolute atomic E-state index is 10.8. The summed E-state index contributed by atoms with van der Waals surface area (Å²) < 4.78 is 2.02. The smallest absolute Gasteiger partial charge is 0.106 e. The van der Waals surface area contributed by atoms with Crippen LogP contribution in [-0.4, -0.2) is 5.11 Å². The van der Waals surface area contributed by atoms with E-state index in [1.54, 1.807) is 0 Å². The van der Waals surface area contributed by atoms with Crippen molar-refractivity contribution in [1.29, 1.82) is 0 Å². The molecule has 1 N–H and O–H groups in total. The van der Waals surface area contributed by atoms with Crippen molar-refractivity contribution >= 4 is 60.9 Å². The fourth-order valence-electron chi connectivity index (χ4n) is 2.42. The average Bonchev–Trinajstić information content (AvgIpc) is 2.50. The second-order valence-corrected chi connectivity index (χ2v) is 7.20. The minimum absolute atomic E-state index is 0.630. The summed E-state index contributed by atoms with van der Waals surface area (Å²) >= 11 is 11.8. The van der Waals surface area contributed by atoms with Crippen LogP contribution in [-0.2, 0) is 0 Å². The van der Waals surface area contributed by atoms with E-state index in [2.05, 4.69) is 38.5 Å². The monoisotopic (exact) mass is 472 g/mol. The molecule has 1 atom stereocenters. The van der Waals surface area contributed by atoms with E-state index in [-0.39, 0.29) is 0 Å². The molecule has 0 spiro atoms. The van der Waals surface area contributed by atoms with E-state index in [1.165, 1.54) is 0 Å². The van der Waals surface area contributed by atoms with Gasteiger partial charge in [0, 0.05) is 13.1 Å². The largest absolute Gasteiger partial charge is 0.384 e. The summed E-state index contributed by atoms with van der Waals surface area (Å²) in [5.74, 6) is 0. The molecule has 0 aliphatic rings. The predicted octanol–water partition coefficient (Wildman–Crippen LogP) is 5.94. The number of hydrogen-bond acceptors (Lipinski definition) is 1. The molecular weight excluding hydrogens is 462 g/mol. The van der Waals surface area contributed by atoms with Crippen molar-refractivity contribution in [3.8, 4) is 0 Å². The maximum atomic E-state index is 10.8. The molecule has 0 aliphatic carbocycles. The molecule has 0 aromatic heterocycles. The van der Waals surface area contributed by atoms with E-state index in [0.29, 0.717) is 5.02 Å². The van der Waals surface area contributed by atoms with Crippen LogP contribution in [0.25, 0.3) is 10.8 Å². The molecule has 0 amide bonds. The summed E-state index contributed by atoms with van der Waals surface area (Å²) in [5, 5.41) is 13.6.